The van der Waals surface area contributed by atoms with Gasteiger partial charge in [0.25, 0.3) is 0 Å². The van der Waals surface area contributed by atoms with Crippen LogP contribution in [0.1, 0.15) is 26.2 Å². The van der Waals surface area contributed by atoms with E-state index in [2.05, 4.69) is 5.32 Å². The fourth-order valence-corrected chi connectivity index (χ4v) is 2.23. The van der Waals surface area contributed by atoms with Gasteiger partial charge in [-0.05, 0) is 19.8 Å². The molecule has 0 aromatic rings. The number of carbonyl (C=O) groups is 2. The summed E-state index contributed by atoms with van der Waals surface area (Å²) in [4.78, 5) is 24.1. The molecule has 0 aromatic heterocycles. The number of rotatable bonds is 3. The number of ether oxygens (including phenoxy) is 1. The van der Waals surface area contributed by atoms with Gasteiger partial charge in [-0.3, -0.25) is 14.5 Å². The first kappa shape index (κ1) is 11.5. The van der Waals surface area contributed by atoms with Gasteiger partial charge in [-0.25, -0.2) is 0 Å². The number of amides is 2. The molecule has 0 spiro atoms. The zero-order valence-corrected chi connectivity index (χ0v) is 9.78. The van der Waals surface area contributed by atoms with Crippen molar-refractivity contribution < 1.29 is 14.3 Å². The van der Waals surface area contributed by atoms with Gasteiger partial charge in [0.15, 0.2) is 0 Å². The Labute approximate surface area is 95.1 Å². The van der Waals surface area contributed by atoms with Crippen LogP contribution in [0.3, 0.4) is 0 Å². The van der Waals surface area contributed by atoms with Crippen molar-refractivity contribution in [2.24, 2.45) is 0 Å². The van der Waals surface area contributed by atoms with E-state index in [9.17, 15) is 9.59 Å². The van der Waals surface area contributed by atoms with E-state index >= 15 is 0 Å². The maximum absolute atomic E-state index is 11.6. The van der Waals surface area contributed by atoms with Crippen LogP contribution >= 0.6 is 0 Å². The number of likely N-dealkylation sites (tertiary alicyclic amines) is 1. The van der Waals surface area contributed by atoms with E-state index < -0.39 is 0 Å². The third kappa shape index (κ3) is 2.10. The molecule has 90 valence electrons. The Morgan fingerprint density at radius 3 is 2.81 bits per heavy atom. The second kappa shape index (κ2) is 4.14. The van der Waals surface area contributed by atoms with Crippen molar-refractivity contribution in [2.45, 2.75) is 37.8 Å². The minimum atomic E-state index is -0.362. The van der Waals surface area contributed by atoms with Crippen LogP contribution in [0.15, 0.2) is 0 Å². The largest absolute Gasteiger partial charge is 0.374 e. The molecule has 2 aliphatic heterocycles. The third-order valence-electron chi connectivity index (χ3n) is 3.40. The predicted octanol–water partition coefficient (Wildman–Crippen LogP) is -0.0976. The van der Waals surface area contributed by atoms with E-state index in [-0.39, 0.29) is 29.9 Å². The fourth-order valence-electron chi connectivity index (χ4n) is 2.23. The zero-order valence-electron chi connectivity index (χ0n) is 9.78. The summed E-state index contributed by atoms with van der Waals surface area (Å²) < 4.78 is 5.62. The third-order valence-corrected chi connectivity index (χ3v) is 3.40. The van der Waals surface area contributed by atoms with Gasteiger partial charge in [0.05, 0.1) is 18.1 Å². The Balaban J connectivity index is 1.87. The average Bonchev–Trinajstić information content (AvgIpc) is 2.77. The van der Waals surface area contributed by atoms with Crippen LogP contribution < -0.4 is 5.32 Å². The smallest absolute Gasteiger partial charge is 0.246 e. The van der Waals surface area contributed by atoms with Crippen molar-refractivity contribution in [3.8, 4) is 0 Å². The Morgan fingerprint density at radius 1 is 1.56 bits per heavy atom. The topological polar surface area (TPSA) is 58.6 Å². The summed E-state index contributed by atoms with van der Waals surface area (Å²) in [5, 5.41) is 3.14. The van der Waals surface area contributed by atoms with Gasteiger partial charge in [0, 0.05) is 20.2 Å². The Hall–Kier alpha value is -0.940. The summed E-state index contributed by atoms with van der Waals surface area (Å²) in [5.41, 5.74) is -0.176. The van der Waals surface area contributed by atoms with Crippen LogP contribution in [0.25, 0.3) is 0 Å². The first-order valence-corrected chi connectivity index (χ1v) is 5.70. The van der Waals surface area contributed by atoms with Gasteiger partial charge >= 0.3 is 0 Å². The lowest BCUT2D eigenvalue weighted by molar-refractivity contribution is -0.137. The summed E-state index contributed by atoms with van der Waals surface area (Å²) in [7, 11) is 1.53. The van der Waals surface area contributed by atoms with Gasteiger partial charge in [0.1, 0.15) is 0 Å². The normalized spacial score (nSPS) is 35.1. The number of hydrogen-bond donors (Lipinski definition) is 1. The number of imide groups is 1. The number of nitrogens with zero attached hydrogens (tertiary/aromatic N) is 1. The number of nitrogens with one attached hydrogen (secondary N) is 1. The van der Waals surface area contributed by atoms with Crippen molar-refractivity contribution in [1.29, 1.82) is 0 Å². The molecule has 0 radical (unpaired) electrons. The van der Waals surface area contributed by atoms with E-state index in [0.717, 1.165) is 19.4 Å². The molecular weight excluding hydrogens is 208 g/mol. The fraction of sp³-hybridized carbons (Fsp3) is 0.818. The highest BCUT2D eigenvalue weighted by molar-refractivity contribution is 6.05. The summed E-state index contributed by atoms with van der Waals surface area (Å²) >= 11 is 0. The molecule has 2 rings (SSSR count). The molecule has 5 heteroatoms. The molecule has 2 saturated heterocycles. The van der Waals surface area contributed by atoms with Crippen LogP contribution in [-0.2, 0) is 14.3 Å². The van der Waals surface area contributed by atoms with Crippen molar-refractivity contribution in [2.75, 3.05) is 20.2 Å². The van der Waals surface area contributed by atoms with Gasteiger partial charge < -0.3 is 10.1 Å². The first-order chi connectivity index (χ1) is 7.52. The van der Waals surface area contributed by atoms with E-state index in [1.165, 1.54) is 11.9 Å². The molecule has 2 atom stereocenters. The highest BCUT2D eigenvalue weighted by atomic mass is 16.5. The number of carbonyl (C=O) groups excluding carboxylic acids is 2. The molecule has 2 heterocycles. The molecule has 1 N–H and O–H groups in total. The van der Waals surface area contributed by atoms with Crippen LogP contribution in [0, 0.1) is 0 Å². The highest BCUT2D eigenvalue weighted by Gasteiger charge is 2.38. The number of hydrogen-bond acceptors (Lipinski definition) is 4. The lowest BCUT2D eigenvalue weighted by Crippen LogP contribution is -2.45. The van der Waals surface area contributed by atoms with Crippen LogP contribution in [-0.4, -0.2) is 48.6 Å². The van der Waals surface area contributed by atoms with Crippen LogP contribution in [0.5, 0.6) is 0 Å². The van der Waals surface area contributed by atoms with Crippen molar-refractivity contribution >= 4 is 11.8 Å². The van der Waals surface area contributed by atoms with E-state index in [1.54, 1.807) is 0 Å². The van der Waals surface area contributed by atoms with E-state index in [0.29, 0.717) is 6.54 Å². The second-order valence-corrected chi connectivity index (χ2v) is 4.83. The number of likely N-dealkylation sites (N-methyl/N-ethyl adjacent to an activating group) is 1. The molecule has 2 aliphatic rings. The van der Waals surface area contributed by atoms with Crippen molar-refractivity contribution in [3.05, 3.63) is 0 Å². The average molecular weight is 226 g/mol. The van der Waals surface area contributed by atoms with Gasteiger partial charge in [0.2, 0.25) is 11.8 Å². The second-order valence-electron chi connectivity index (χ2n) is 4.83. The van der Waals surface area contributed by atoms with E-state index in [4.69, 9.17) is 4.74 Å². The summed E-state index contributed by atoms with van der Waals surface area (Å²) in [5.74, 6) is -0.244. The first-order valence-electron chi connectivity index (χ1n) is 5.70. The van der Waals surface area contributed by atoms with Crippen LogP contribution in [0.2, 0.25) is 0 Å². The van der Waals surface area contributed by atoms with Crippen molar-refractivity contribution in [3.63, 3.8) is 0 Å². The maximum Gasteiger partial charge on any atom is 0.246 e. The molecule has 0 bridgehead atoms. The van der Waals surface area contributed by atoms with Gasteiger partial charge in [-0.15, -0.1) is 0 Å². The molecule has 0 aromatic carbocycles. The van der Waals surface area contributed by atoms with Gasteiger partial charge in [-0.1, -0.05) is 0 Å². The van der Waals surface area contributed by atoms with Crippen LogP contribution in [0.4, 0.5) is 0 Å². The molecule has 0 saturated carbocycles. The predicted molar refractivity (Wildman–Crippen MR) is 57.8 cm³/mol. The Bertz CT molecular complexity index is 310. The maximum atomic E-state index is 11.6. The molecule has 16 heavy (non-hydrogen) atoms. The zero-order chi connectivity index (χ0) is 11.8. The Morgan fingerprint density at radius 2 is 2.31 bits per heavy atom. The minimum Gasteiger partial charge on any atom is -0.374 e. The van der Waals surface area contributed by atoms with Crippen molar-refractivity contribution in [1.82, 2.24) is 10.2 Å². The molecule has 2 unspecified atom stereocenters. The van der Waals surface area contributed by atoms with E-state index in [1.807, 2.05) is 6.92 Å². The standard InChI is InChI=1S/C11H18N2O3/c1-11(4-3-5-16-11)7-12-8-6-9(14)13(2)10(8)15/h8,12H,3-7H2,1-2H3. The molecule has 2 amide bonds. The summed E-state index contributed by atoms with van der Waals surface area (Å²) in [6.07, 6.45) is 2.34. The Kier molecular flexibility index (Phi) is 2.99. The molecule has 2 fully saturated rings. The lowest BCUT2D eigenvalue weighted by atomic mass is 10.0. The monoisotopic (exact) mass is 226 g/mol. The minimum absolute atomic E-state index is 0.111. The lowest BCUT2D eigenvalue weighted by Gasteiger charge is -2.25. The molecule has 0 aliphatic carbocycles. The molecular formula is C11H18N2O3. The van der Waals surface area contributed by atoms with Gasteiger partial charge in [-0.2, -0.15) is 0 Å². The highest BCUT2D eigenvalue weighted by Crippen LogP contribution is 2.24. The summed E-state index contributed by atoms with van der Waals surface area (Å²) in [6.45, 7) is 3.46. The summed E-state index contributed by atoms with van der Waals surface area (Å²) in [6, 6.07) is -0.362. The quantitative estimate of drug-likeness (QED) is 0.683. The molecule has 5 nitrogen and oxygen atoms in total. The SMILES string of the molecule is CN1C(=O)CC(NCC2(C)CCCO2)C1=O.